The second kappa shape index (κ2) is 18.9. The summed E-state index contributed by atoms with van der Waals surface area (Å²) in [4.78, 5) is 55.5. The molecule has 2 N–H and O–H groups in total. The summed E-state index contributed by atoms with van der Waals surface area (Å²) < 4.78 is 23.2. The average molecular weight is 757 g/mol. The van der Waals surface area contributed by atoms with Crippen molar-refractivity contribution < 1.29 is 32.8 Å². The van der Waals surface area contributed by atoms with Gasteiger partial charge in [0.25, 0.3) is 0 Å². The van der Waals surface area contributed by atoms with Crippen molar-refractivity contribution in [3.63, 3.8) is 0 Å². The highest BCUT2D eigenvalue weighted by Crippen LogP contribution is 2.47. The summed E-state index contributed by atoms with van der Waals surface area (Å²) in [6.07, 6.45) is -0.168. The third-order valence-electron chi connectivity index (χ3n) is 9.22. The smallest absolute Gasteiger partial charge is 0.333 e. The van der Waals surface area contributed by atoms with E-state index in [9.17, 15) is 23.7 Å². The zero-order chi connectivity index (χ0) is 38.7. The van der Waals surface area contributed by atoms with Gasteiger partial charge in [-0.05, 0) is 60.5 Å². The predicted octanol–water partition coefficient (Wildman–Crippen LogP) is 4.88. The van der Waals surface area contributed by atoms with E-state index in [2.05, 4.69) is 22.8 Å². The molecule has 4 aromatic rings. The highest BCUT2D eigenvalue weighted by Gasteiger charge is 2.49. The van der Waals surface area contributed by atoms with Crippen LogP contribution in [0.2, 0.25) is 0 Å². The Kier molecular flexibility index (Phi) is 14.1. The Morgan fingerprint density at radius 3 is 2.22 bits per heavy atom. The average Bonchev–Trinajstić information content (AvgIpc) is 3.15. The molecule has 0 spiro atoms. The number of hydrogen-bond acceptors (Lipinski definition) is 9. The first kappa shape index (κ1) is 40.3. The molecule has 0 saturated carbocycles. The third kappa shape index (κ3) is 9.99. The lowest BCUT2D eigenvalue weighted by atomic mass is 9.97. The van der Waals surface area contributed by atoms with Crippen LogP contribution >= 0.6 is 7.60 Å². The van der Waals surface area contributed by atoms with Crippen molar-refractivity contribution in [2.24, 2.45) is 0 Å². The molecule has 2 heterocycles. The summed E-state index contributed by atoms with van der Waals surface area (Å²) >= 11 is 0. The standard InChI is InChI=1S/C32H38N5O7P.C8H11N/c1-4-43-45(42,44-5-2)21-29(39)33-26-15-13-23(14-16-26)17-28-32(41)35(18-25-11-8-10-24-9-6-7-12-27(24)25)19-30-36(22-38)34(3)20-31(40)37(28)30;1-9-7-8-5-3-2-4-6-8/h6-16,22,28,30H,4-5,17-21H2,1-3H3,(H,33,39);2-6,9H,7H2,1H3/t28-,30?;/m0./s1. The quantitative estimate of drug-likeness (QED) is 0.136. The number of piperazine rings is 1. The number of hydrazine groups is 1. The normalized spacial score (nSPS) is 17.5. The van der Waals surface area contributed by atoms with Crippen molar-refractivity contribution >= 4 is 48.2 Å². The van der Waals surface area contributed by atoms with Crippen molar-refractivity contribution in [1.82, 2.24) is 25.1 Å². The molecule has 6 rings (SSSR count). The minimum Gasteiger partial charge on any atom is -0.333 e. The molecule has 2 saturated heterocycles. The highest BCUT2D eigenvalue weighted by atomic mass is 31.2. The third-order valence-corrected chi connectivity index (χ3v) is 11.2. The number of carbonyl (C=O) groups is 4. The van der Waals surface area contributed by atoms with E-state index in [1.807, 2.05) is 67.7 Å². The maximum atomic E-state index is 14.1. The van der Waals surface area contributed by atoms with Crippen molar-refractivity contribution in [2.75, 3.05) is 51.9 Å². The lowest BCUT2D eigenvalue weighted by Gasteiger charge is -2.53. The highest BCUT2D eigenvalue weighted by molar-refractivity contribution is 7.54. The van der Waals surface area contributed by atoms with E-state index in [-0.39, 0.29) is 44.5 Å². The van der Waals surface area contributed by atoms with Crippen LogP contribution in [-0.4, -0.2) is 103 Å². The molecule has 2 atom stereocenters. The minimum absolute atomic E-state index is 0.0271. The van der Waals surface area contributed by atoms with E-state index in [4.69, 9.17) is 9.05 Å². The van der Waals surface area contributed by atoms with E-state index < -0.39 is 31.9 Å². The maximum Gasteiger partial charge on any atom is 0.340 e. The molecule has 2 fully saturated rings. The molecule has 286 valence electrons. The number of hydrogen-bond donors (Lipinski definition) is 2. The zero-order valence-electron chi connectivity index (χ0n) is 31.2. The number of nitrogens with zero attached hydrogens (tertiary/aromatic N) is 4. The van der Waals surface area contributed by atoms with Crippen LogP contribution in [0.15, 0.2) is 97.1 Å². The van der Waals surface area contributed by atoms with Gasteiger partial charge in [0.15, 0.2) is 0 Å². The molecule has 13 nitrogen and oxygen atoms in total. The number of rotatable bonds is 14. The molecule has 4 amide bonds. The Morgan fingerprint density at radius 1 is 0.889 bits per heavy atom. The van der Waals surface area contributed by atoms with Crippen molar-refractivity contribution in [3.8, 4) is 0 Å². The molecule has 0 bridgehead atoms. The van der Waals surface area contributed by atoms with Gasteiger partial charge in [0.1, 0.15) is 18.4 Å². The number of benzene rings is 4. The second-order valence-electron chi connectivity index (χ2n) is 13.0. The first-order valence-electron chi connectivity index (χ1n) is 18.1. The Labute approximate surface area is 316 Å². The fourth-order valence-corrected chi connectivity index (χ4v) is 8.29. The Bertz CT molecular complexity index is 1930. The molecule has 1 unspecified atom stereocenters. The molecule has 14 heteroatoms. The van der Waals surface area contributed by atoms with Crippen LogP contribution in [0.25, 0.3) is 10.8 Å². The van der Waals surface area contributed by atoms with Gasteiger partial charge in [0.05, 0.1) is 26.3 Å². The number of fused-ring (bicyclic) bond motifs is 2. The second-order valence-corrected chi connectivity index (χ2v) is 15.1. The molecular formula is C40H49N6O7P. The minimum atomic E-state index is -3.55. The number of carbonyl (C=O) groups excluding carboxylic acids is 4. The van der Waals surface area contributed by atoms with E-state index in [1.54, 1.807) is 55.1 Å². The SMILES string of the molecule is CCOP(=O)(CC(=O)Nc1ccc(C[C@H]2C(=O)N(Cc3cccc4ccccc34)CC3N2C(=O)CN(C)N3C=O)cc1)OCC.CNCc1ccccc1. The molecular weight excluding hydrogens is 707 g/mol. The molecule has 2 aliphatic heterocycles. The van der Waals surface area contributed by atoms with E-state index in [0.29, 0.717) is 18.6 Å². The molecule has 54 heavy (non-hydrogen) atoms. The van der Waals surface area contributed by atoms with Crippen molar-refractivity contribution in [3.05, 3.63) is 114 Å². The number of nitrogens with one attached hydrogen (secondary N) is 2. The lowest BCUT2D eigenvalue weighted by Crippen LogP contribution is -2.74. The van der Waals surface area contributed by atoms with Gasteiger partial charge in [0.2, 0.25) is 24.1 Å². The largest absolute Gasteiger partial charge is 0.340 e. The van der Waals surface area contributed by atoms with Gasteiger partial charge in [-0.3, -0.25) is 28.8 Å². The van der Waals surface area contributed by atoms with Gasteiger partial charge in [-0.1, -0.05) is 84.9 Å². The summed E-state index contributed by atoms with van der Waals surface area (Å²) in [5, 5.41) is 10.9. The Hall–Kier alpha value is -4.91. The maximum absolute atomic E-state index is 14.1. The van der Waals surface area contributed by atoms with Crippen LogP contribution in [0.3, 0.4) is 0 Å². The Morgan fingerprint density at radius 2 is 1.56 bits per heavy atom. The molecule has 4 aromatic carbocycles. The number of likely N-dealkylation sites (N-methyl/N-ethyl adjacent to an activating group) is 1. The van der Waals surface area contributed by atoms with E-state index in [0.717, 1.165) is 28.4 Å². The summed E-state index contributed by atoms with van der Waals surface area (Å²) in [6, 6.07) is 30.3. The molecule has 0 aromatic heterocycles. The van der Waals surface area contributed by atoms with Crippen LogP contribution < -0.4 is 10.6 Å². The van der Waals surface area contributed by atoms with Gasteiger partial charge in [-0.25, -0.2) is 5.01 Å². The van der Waals surface area contributed by atoms with Crippen LogP contribution in [-0.2, 0) is 52.3 Å². The van der Waals surface area contributed by atoms with Crippen molar-refractivity contribution in [1.29, 1.82) is 0 Å². The van der Waals surface area contributed by atoms with Crippen molar-refractivity contribution in [2.45, 2.75) is 45.6 Å². The van der Waals surface area contributed by atoms with Crippen LogP contribution in [0.1, 0.15) is 30.5 Å². The fraction of sp³-hybridized carbons (Fsp3) is 0.350. The molecule has 0 aliphatic carbocycles. The number of anilines is 1. The van der Waals surface area contributed by atoms with Crippen LogP contribution in [0.5, 0.6) is 0 Å². The Balaban J connectivity index is 0.000000546. The summed E-state index contributed by atoms with van der Waals surface area (Å²) in [5.74, 6) is -0.956. The van der Waals surface area contributed by atoms with Gasteiger partial charge < -0.3 is 29.5 Å². The predicted molar refractivity (Wildman–Crippen MR) is 208 cm³/mol. The van der Waals surface area contributed by atoms with E-state index in [1.165, 1.54) is 15.5 Å². The summed E-state index contributed by atoms with van der Waals surface area (Å²) in [6.45, 7) is 5.09. The summed E-state index contributed by atoms with van der Waals surface area (Å²) in [7, 11) is 0.0763. The van der Waals surface area contributed by atoms with Gasteiger partial charge in [-0.15, -0.1) is 0 Å². The van der Waals surface area contributed by atoms with Gasteiger partial charge >= 0.3 is 7.60 Å². The first-order chi connectivity index (χ1) is 26.1. The first-order valence-corrected chi connectivity index (χ1v) is 19.8. The van der Waals surface area contributed by atoms with Crippen LogP contribution in [0.4, 0.5) is 5.69 Å². The molecule has 2 aliphatic rings. The van der Waals surface area contributed by atoms with Gasteiger partial charge in [-0.2, -0.15) is 0 Å². The van der Waals surface area contributed by atoms with E-state index >= 15 is 0 Å². The lowest BCUT2D eigenvalue weighted by molar-refractivity contribution is -0.196. The summed E-state index contributed by atoms with van der Waals surface area (Å²) in [5.41, 5.74) is 3.53. The molecule has 0 radical (unpaired) electrons. The zero-order valence-corrected chi connectivity index (χ0v) is 32.1. The van der Waals surface area contributed by atoms with Crippen LogP contribution in [0, 0.1) is 0 Å². The topological polar surface area (TPSA) is 141 Å². The van der Waals surface area contributed by atoms with Gasteiger partial charge in [0, 0.05) is 32.2 Å². The number of amides is 4. The monoisotopic (exact) mass is 756 g/mol. The fourth-order valence-electron chi connectivity index (χ4n) is 6.81.